The molecular formula is C23H30N2O3S. The number of nitrogens with zero attached hydrogens (tertiary/aromatic N) is 1. The van der Waals surface area contributed by atoms with E-state index in [4.69, 9.17) is 0 Å². The Morgan fingerprint density at radius 2 is 1.69 bits per heavy atom. The van der Waals surface area contributed by atoms with Gasteiger partial charge in [-0.3, -0.25) is 4.79 Å². The molecule has 0 bridgehead atoms. The highest BCUT2D eigenvalue weighted by Crippen LogP contribution is 2.33. The van der Waals surface area contributed by atoms with Gasteiger partial charge in [0.15, 0.2) is 0 Å². The first kappa shape index (κ1) is 21.5. The Bertz CT molecular complexity index is 953. The molecule has 1 N–H and O–H groups in total. The highest BCUT2D eigenvalue weighted by atomic mass is 32.2. The molecule has 1 atom stereocenters. The zero-order valence-electron chi connectivity index (χ0n) is 17.4. The van der Waals surface area contributed by atoms with Crippen LogP contribution in [0.1, 0.15) is 43.4 Å². The number of carbonyl (C=O) groups is 1. The number of piperidine rings is 1. The van der Waals surface area contributed by atoms with Gasteiger partial charge >= 0.3 is 0 Å². The molecule has 1 fully saturated rings. The number of benzene rings is 2. The first-order chi connectivity index (χ1) is 13.7. The van der Waals surface area contributed by atoms with Gasteiger partial charge in [-0.05, 0) is 56.4 Å². The van der Waals surface area contributed by atoms with Gasteiger partial charge in [0.25, 0.3) is 0 Å². The Balaban J connectivity index is 1.70. The third-order valence-electron chi connectivity index (χ3n) is 5.75. The molecule has 0 aliphatic carbocycles. The molecule has 1 saturated heterocycles. The Kier molecular flexibility index (Phi) is 6.44. The molecule has 156 valence electrons. The van der Waals surface area contributed by atoms with Gasteiger partial charge in [0.1, 0.15) is 0 Å². The molecule has 1 amide bonds. The lowest BCUT2D eigenvalue weighted by Crippen LogP contribution is -2.51. The van der Waals surface area contributed by atoms with E-state index in [-0.39, 0.29) is 12.5 Å². The second-order valence-electron chi connectivity index (χ2n) is 8.17. The maximum absolute atomic E-state index is 13.1. The Morgan fingerprint density at radius 1 is 1.07 bits per heavy atom. The van der Waals surface area contributed by atoms with Crippen LogP contribution < -0.4 is 5.32 Å². The van der Waals surface area contributed by atoms with E-state index in [1.54, 1.807) is 12.1 Å². The number of carbonyl (C=O) groups excluding carboxylic acids is 1. The number of sulfonamides is 1. The van der Waals surface area contributed by atoms with Crippen molar-refractivity contribution in [1.29, 1.82) is 0 Å². The number of hydrogen-bond acceptors (Lipinski definition) is 3. The molecule has 1 aliphatic heterocycles. The Morgan fingerprint density at radius 3 is 2.31 bits per heavy atom. The maximum Gasteiger partial charge on any atom is 0.243 e. The van der Waals surface area contributed by atoms with Crippen LogP contribution in [0.25, 0.3) is 0 Å². The summed E-state index contributed by atoms with van der Waals surface area (Å²) < 4.78 is 27.7. The van der Waals surface area contributed by atoms with Crippen molar-refractivity contribution in [2.24, 2.45) is 5.41 Å². The molecule has 29 heavy (non-hydrogen) atoms. The second-order valence-corrected chi connectivity index (χ2v) is 10.1. The predicted molar refractivity (Wildman–Crippen MR) is 115 cm³/mol. The van der Waals surface area contributed by atoms with Crippen molar-refractivity contribution >= 4 is 15.9 Å². The fraction of sp³-hybridized carbons (Fsp3) is 0.435. The Hall–Kier alpha value is -2.18. The third-order valence-corrected chi connectivity index (χ3v) is 7.61. The SMILES string of the molecule is CCc1ccc(S(=O)(=O)N2CCCC(C)(C(=O)NCc3ccc(C)cc3)C2)cc1. The summed E-state index contributed by atoms with van der Waals surface area (Å²) in [4.78, 5) is 13.2. The zero-order chi connectivity index (χ0) is 21.1. The number of aryl methyl sites for hydroxylation is 2. The number of hydrogen-bond donors (Lipinski definition) is 1. The van der Waals surface area contributed by atoms with E-state index in [9.17, 15) is 13.2 Å². The van der Waals surface area contributed by atoms with Crippen molar-refractivity contribution in [1.82, 2.24) is 9.62 Å². The smallest absolute Gasteiger partial charge is 0.243 e. The van der Waals surface area contributed by atoms with Crippen LogP contribution in [0.5, 0.6) is 0 Å². The lowest BCUT2D eigenvalue weighted by molar-refractivity contribution is -0.132. The van der Waals surface area contributed by atoms with Crippen molar-refractivity contribution in [2.45, 2.75) is 51.5 Å². The molecule has 0 spiro atoms. The molecule has 1 unspecified atom stereocenters. The van der Waals surface area contributed by atoms with Gasteiger partial charge < -0.3 is 5.32 Å². The van der Waals surface area contributed by atoms with Gasteiger partial charge in [-0.25, -0.2) is 8.42 Å². The van der Waals surface area contributed by atoms with Gasteiger partial charge in [0.05, 0.1) is 10.3 Å². The largest absolute Gasteiger partial charge is 0.352 e. The molecule has 2 aromatic carbocycles. The van der Waals surface area contributed by atoms with Crippen LogP contribution in [0.4, 0.5) is 0 Å². The zero-order valence-corrected chi connectivity index (χ0v) is 18.3. The molecule has 0 radical (unpaired) electrons. The van der Waals surface area contributed by atoms with Crippen molar-refractivity contribution in [3.05, 3.63) is 65.2 Å². The fourth-order valence-electron chi connectivity index (χ4n) is 3.73. The first-order valence-corrected chi connectivity index (χ1v) is 11.6. The average Bonchev–Trinajstić information content (AvgIpc) is 2.73. The van der Waals surface area contributed by atoms with Crippen molar-refractivity contribution in [3.63, 3.8) is 0 Å². The summed E-state index contributed by atoms with van der Waals surface area (Å²) in [5, 5.41) is 3.00. The van der Waals surface area contributed by atoms with Crippen molar-refractivity contribution in [2.75, 3.05) is 13.1 Å². The van der Waals surface area contributed by atoms with Gasteiger partial charge in [0, 0.05) is 19.6 Å². The van der Waals surface area contributed by atoms with Gasteiger partial charge in [0.2, 0.25) is 15.9 Å². The standard InChI is InChI=1S/C23H30N2O3S/c1-4-19-10-12-21(13-11-19)29(27,28)25-15-5-14-23(3,17-25)22(26)24-16-20-8-6-18(2)7-9-20/h6-13H,4-5,14-17H2,1-3H3,(H,24,26). The summed E-state index contributed by atoms with van der Waals surface area (Å²) in [6.07, 6.45) is 2.21. The minimum absolute atomic E-state index is 0.0979. The van der Waals surface area contributed by atoms with E-state index in [1.807, 2.05) is 57.2 Å². The van der Waals surface area contributed by atoms with Crippen LogP contribution >= 0.6 is 0 Å². The van der Waals surface area contributed by atoms with Crippen molar-refractivity contribution in [3.8, 4) is 0 Å². The molecule has 1 heterocycles. The molecule has 6 heteroatoms. The Labute approximate surface area is 174 Å². The highest BCUT2D eigenvalue weighted by molar-refractivity contribution is 7.89. The molecular weight excluding hydrogens is 384 g/mol. The molecule has 5 nitrogen and oxygen atoms in total. The maximum atomic E-state index is 13.1. The average molecular weight is 415 g/mol. The summed E-state index contributed by atoms with van der Waals surface area (Å²) >= 11 is 0. The van der Waals surface area contributed by atoms with E-state index in [0.717, 1.165) is 17.5 Å². The lowest BCUT2D eigenvalue weighted by atomic mass is 9.82. The van der Waals surface area contributed by atoms with E-state index >= 15 is 0 Å². The first-order valence-electron chi connectivity index (χ1n) is 10.2. The van der Waals surface area contributed by atoms with Crippen LogP contribution in [0, 0.1) is 12.3 Å². The minimum atomic E-state index is -3.61. The van der Waals surface area contributed by atoms with Crippen LogP contribution in [0.3, 0.4) is 0 Å². The quantitative estimate of drug-likeness (QED) is 0.784. The summed E-state index contributed by atoms with van der Waals surface area (Å²) in [7, 11) is -3.61. The van der Waals surface area contributed by atoms with Gasteiger partial charge in [-0.2, -0.15) is 4.31 Å². The van der Waals surface area contributed by atoms with Crippen LogP contribution in [0.15, 0.2) is 53.4 Å². The van der Waals surface area contributed by atoms with Gasteiger partial charge in [-0.1, -0.05) is 48.9 Å². The van der Waals surface area contributed by atoms with E-state index in [2.05, 4.69) is 5.32 Å². The van der Waals surface area contributed by atoms with Crippen molar-refractivity contribution < 1.29 is 13.2 Å². The number of nitrogens with one attached hydrogen (secondary N) is 1. The van der Waals surface area contributed by atoms with E-state index in [1.165, 1.54) is 9.87 Å². The van der Waals surface area contributed by atoms with Crippen LogP contribution in [0.2, 0.25) is 0 Å². The minimum Gasteiger partial charge on any atom is -0.352 e. The normalized spacial score (nSPS) is 20.4. The fourth-order valence-corrected chi connectivity index (χ4v) is 5.33. The van der Waals surface area contributed by atoms with E-state index < -0.39 is 15.4 Å². The molecule has 3 rings (SSSR count). The topological polar surface area (TPSA) is 66.5 Å². The molecule has 0 saturated carbocycles. The number of rotatable bonds is 6. The summed E-state index contributed by atoms with van der Waals surface area (Å²) in [5.74, 6) is -0.0979. The third kappa shape index (κ3) is 4.87. The molecule has 2 aromatic rings. The highest BCUT2D eigenvalue weighted by Gasteiger charge is 2.41. The summed E-state index contributed by atoms with van der Waals surface area (Å²) in [5.41, 5.74) is 2.57. The predicted octanol–water partition coefficient (Wildman–Crippen LogP) is 3.66. The van der Waals surface area contributed by atoms with Gasteiger partial charge in [-0.15, -0.1) is 0 Å². The summed E-state index contributed by atoms with van der Waals surface area (Å²) in [6.45, 7) is 7.01. The molecule has 0 aromatic heterocycles. The monoisotopic (exact) mass is 414 g/mol. The van der Waals surface area contributed by atoms with Crippen LogP contribution in [-0.4, -0.2) is 31.7 Å². The summed E-state index contributed by atoms with van der Waals surface area (Å²) in [6, 6.07) is 15.1. The number of amides is 1. The van der Waals surface area contributed by atoms with Crippen LogP contribution in [-0.2, 0) is 27.8 Å². The molecule has 1 aliphatic rings. The second kappa shape index (κ2) is 8.67. The lowest BCUT2D eigenvalue weighted by Gasteiger charge is -2.38. The van der Waals surface area contributed by atoms with E-state index in [0.29, 0.717) is 30.8 Å².